The molecule has 13 nitrogen and oxygen atoms in total. The van der Waals surface area contributed by atoms with Crippen LogP contribution in [-0.4, -0.2) is 66.0 Å². The van der Waals surface area contributed by atoms with Gasteiger partial charge in [0.2, 0.25) is 11.8 Å². The summed E-state index contributed by atoms with van der Waals surface area (Å²) in [6.45, 7) is 11.7. The van der Waals surface area contributed by atoms with Crippen LogP contribution in [0.2, 0.25) is 0 Å². The molecule has 280 valence electrons. The number of nitrogens with one attached hydrogen (secondary N) is 4. The number of nitrogens with zero attached hydrogens (tertiary/aromatic N) is 3. The molecule has 0 bridgehead atoms. The molecule has 0 saturated heterocycles. The molecule has 0 saturated carbocycles. The number of fused-ring (bicyclic) bond motifs is 1. The van der Waals surface area contributed by atoms with Crippen molar-refractivity contribution in [1.82, 2.24) is 25.4 Å². The summed E-state index contributed by atoms with van der Waals surface area (Å²) in [5.41, 5.74) is 8.69. The first kappa shape index (κ1) is 40.0. The van der Waals surface area contributed by atoms with Crippen LogP contribution in [0.4, 0.5) is 16.3 Å². The second-order valence-electron chi connectivity index (χ2n) is 13.3. The molecule has 2 heterocycles. The summed E-state index contributed by atoms with van der Waals surface area (Å²) in [5.74, 6) is 0.937. The Morgan fingerprint density at radius 3 is 2.28 bits per heavy atom. The number of nitrogens with two attached hydrogens (primary N) is 1. The van der Waals surface area contributed by atoms with Gasteiger partial charge in [0, 0.05) is 48.2 Å². The highest BCUT2D eigenvalue weighted by Crippen LogP contribution is 2.35. The lowest BCUT2D eigenvalue weighted by molar-refractivity contribution is -0.125. The van der Waals surface area contributed by atoms with Gasteiger partial charge in [-0.05, 0) is 50.2 Å². The van der Waals surface area contributed by atoms with E-state index in [1.54, 1.807) is 42.3 Å². The Kier molecular flexibility index (Phi) is 14.5. The summed E-state index contributed by atoms with van der Waals surface area (Å²) in [6, 6.07) is 23.9. The van der Waals surface area contributed by atoms with Crippen molar-refractivity contribution in [3.63, 3.8) is 0 Å². The van der Waals surface area contributed by atoms with Crippen LogP contribution in [0, 0.1) is 6.92 Å². The number of urea groups is 1. The predicted molar refractivity (Wildman–Crippen MR) is 209 cm³/mol. The molecule has 0 aliphatic rings. The number of rotatable bonds is 13. The molecule has 0 spiro atoms. The third kappa shape index (κ3) is 11.9. The van der Waals surface area contributed by atoms with Gasteiger partial charge in [-0.2, -0.15) is 5.10 Å². The topological polar surface area (TPSA) is 175 Å². The molecule has 0 aliphatic heterocycles. The number of anilines is 2. The van der Waals surface area contributed by atoms with Gasteiger partial charge in [-0.1, -0.05) is 69.7 Å². The lowest BCUT2D eigenvalue weighted by Gasteiger charge is -2.14. The molecule has 5 rings (SSSR count). The van der Waals surface area contributed by atoms with Gasteiger partial charge in [-0.25, -0.2) is 9.48 Å². The van der Waals surface area contributed by atoms with Crippen molar-refractivity contribution in [2.45, 2.75) is 52.9 Å². The van der Waals surface area contributed by atoms with E-state index in [1.165, 1.54) is 0 Å². The highest BCUT2D eigenvalue weighted by atomic mass is 16.5. The number of ether oxygens (including phenoxy) is 2. The highest BCUT2D eigenvalue weighted by Gasteiger charge is 2.22. The minimum absolute atomic E-state index is 0.0265. The number of methoxy groups -OCH3 is 1. The van der Waals surface area contributed by atoms with Crippen molar-refractivity contribution in [2.75, 3.05) is 44.0 Å². The lowest BCUT2D eigenvalue weighted by atomic mass is 9.92. The van der Waals surface area contributed by atoms with Crippen molar-refractivity contribution in [3.8, 4) is 17.2 Å². The molecule has 53 heavy (non-hydrogen) atoms. The van der Waals surface area contributed by atoms with E-state index in [0.717, 1.165) is 40.7 Å². The summed E-state index contributed by atoms with van der Waals surface area (Å²) in [6.07, 6.45) is 2.63. The van der Waals surface area contributed by atoms with Gasteiger partial charge in [-0.15, -0.1) is 0 Å². The average Bonchev–Trinajstić information content (AvgIpc) is 3.57. The predicted octanol–water partition coefficient (Wildman–Crippen LogP) is 6.24. The van der Waals surface area contributed by atoms with Gasteiger partial charge in [0.1, 0.15) is 17.3 Å². The van der Waals surface area contributed by atoms with E-state index in [-0.39, 0.29) is 30.2 Å². The van der Waals surface area contributed by atoms with Gasteiger partial charge in [0.25, 0.3) is 0 Å². The summed E-state index contributed by atoms with van der Waals surface area (Å²) >= 11 is 0. The number of hydrogen-bond acceptors (Lipinski definition) is 8. The van der Waals surface area contributed by atoms with Crippen molar-refractivity contribution >= 4 is 40.1 Å². The fourth-order valence-corrected chi connectivity index (χ4v) is 4.96. The van der Waals surface area contributed by atoms with Crippen LogP contribution in [-0.2, 0) is 26.2 Å². The molecular weight excluding hydrogens is 672 g/mol. The van der Waals surface area contributed by atoms with Crippen molar-refractivity contribution in [2.24, 2.45) is 5.73 Å². The van der Waals surface area contributed by atoms with Gasteiger partial charge in [-0.3, -0.25) is 19.9 Å². The monoisotopic (exact) mass is 722 g/mol. The smallest absolute Gasteiger partial charge is 0.324 e. The summed E-state index contributed by atoms with van der Waals surface area (Å²) < 4.78 is 12.9. The maximum atomic E-state index is 13.4. The molecular formula is C40H50N8O5. The molecule has 5 aromatic rings. The number of aromatic nitrogens is 3. The van der Waals surface area contributed by atoms with E-state index in [9.17, 15) is 14.4 Å². The number of carbonyl (C=O) groups excluding carboxylic acids is 3. The Hall–Kier alpha value is -5.79. The molecule has 0 fully saturated rings. The largest absolute Gasteiger partial charge is 0.457 e. The second-order valence-corrected chi connectivity index (χ2v) is 13.3. The van der Waals surface area contributed by atoms with Crippen LogP contribution >= 0.6 is 0 Å². The second kappa shape index (κ2) is 19.2. The van der Waals surface area contributed by atoms with Crippen LogP contribution in [0.3, 0.4) is 0 Å². The van der Waals surface area contributed by atoms with Crippen molar-refractivity contribution < 1.29 is 23.9 Å². The minimum atomic E-state index is -0.419. The zero-order chi connectivity index (χ0) is 38.4. The van der Waals surface area contributed by atoms with Crippen LogP contribution in [0.15, 0.2) is 85.1 Å². The van der Waals surface area contributed by atoms with Gasteiger partial charge in [0.15, 0.2) is 0 Å². The molecule has 0 radical (unpaired) electrons. The maximum Gasteiger partial charge on any atom is 0.324 e. The third-order valence-corrected chi connectivity index (χ3v) is 7.85. The van der Waals surface area contributed by atoms with E-state index in [1.807, 2.05) is 61.5 Å². The van der Waals surface area contributed by atoms with E-state index in [2.05, 4.69) is 53.9 Å². The quantitative estimate of drug-likeness (QED) is 0.0888. The highest BCUT2D eigenvalue weighted by molar-refractivity contribution is 6.07. The first-order valence-corrected chi connectivity index (χ1v) is 17.5. The number of benzene rings is 3. The minimum Gasteiger partial charge on any atom is -0.457 e. The fraction of sp³-hybridized carbons (Fsp3) is 0.325. The van der Waals surface area contributed by atoms with Gasteiger partial charge in [0.05, 0.1) is 42.3 Å². The molecule has 6 N–H and O–H groups in total. The van der Waals surface area contributed by atoms with Crippen LogP contribution < -0.4 is 31.7 Å². The van der Waals surface area contributed by atoms with Crippen molar-refractivity contribution in [1.29, 1.82) is 0 Å². The molecule has 0 atom stereocenters. The van der Waals surface area contributed by atoms with Crippen LogP contribution in [0.1, 0.15) is 51.1 Å². The lowest BCUT2D eigenvalue weighted by Crippen LogP contribution is -2.38. The number of amides is 4. The Balaban J connectivity index is 0.00000149. The van der Waals surface area contributed by atoms with Gasteiger partial charge >= 0.3 is 6.03 Å². The number of carbonyl (C=O) groups is 3. The Morgan fingerprint density at radius 2 is 1.60 bits per heavy atom. The number of hydrogen-bond donors (Lipinski definition) is 5. The number of aryl methyl sites for hydroxylation is 1. The van der Waals surface area contributed by atoms with E-state index in [4.69, 9.17) is 20.3 Å². The molecule has 0 aliphatic carbocycles. The SMILES string of the molecule is CCCN.COCCNC(=O)CNC(=O)Cc1cc(Oc2ccc(NC(=O)Nc3cc(C(C)(C)C)nn3-c3ccc(C)cc3)c3ccccc23)ccn1. The third-order valence-electron chi connectivity index (χ3n) is 7.85. The summed E-state index contributed by atoms with van der Waals surface area (Å²) in [7, 11) is 1.54. The van der Waals surface area contributed by atoms with E-state index in [0.29, 0.717) is 41.8 Å². The first-order valence-electron chi connectivity index (χ1n) is 17.5. The zero-order valence-corrected chi connectivity index (χ0v) is 31.3. The van der Waals surface area contributed by atoms with E-state index >= 15 is 0 Å². The standard InChI is InChI=1S/C37H41N7O5.C3H9N/c1-24-10-12-26(13-11-24)44-33(22-32(43-44)37(2,3)4)42-36(47)41-30-14-15-31(29-9-7-6-8-28(29)30)49-27-16-17-38-25(20-27)21-34(45)40-23-35(46)39-18-19-48-5;1-2-3-4/h6-17,20,22H,18-19,21,23H2,1-5H3,(H,39,46)(H,40,45)(H2,41,42,47);2-4H2,1H3. The molecule has 13 heteroatoms. The Morgan fingerprint density at radius 1 is 0.887 bits per heavy atom. The fourth-order valence-electron chi connectivity index (χ4n) is 4.96. The summed E-state index contributed by atoms with van der Waals surface area (Å²) in [5, 5.41) is 17.6. The van der Waals surface area contributed by atoms with Crippen LogP contribution in [0.25, 0.3) is 16.5 Å². The van der Waals surface area contributed by atoms with E-state index < -0.39 is 6.03 Å². The Bertz CT molecular complexity index is 1980. The maximum absolute atomic E-state index is 13.4. The van der Waals surface area contributed by atoms with Crippen molar-refractivity contribution in [3.05, 3.63) is 102 Å². The average molecular weight is 723 g/mol. The first-order chi connectivity index (χ1) is 25.4. The Labute approximate surface area is 310 Å². The van der Waals surface area contributed by atoms with Gasteiger partial charge < -0.3 is 31.2 Å². The number of pyridine rings is 1. The molecule has 0 unspecified atom stereocenters. The molecule has 2 aromatic heterocycles. The summed E-state index contributed by atoms with van der Waals surface area (Å²) in [4.78, 5) is 42.0. The van der Waals surface area contributed by atoms with Crippen LogP contribution in [0.5, 0.6) is 11.5 Å². The molecule has 4 amide bonds. The zero-order valence-electron chi connectivity index (χ0n) is 31.3. The molecule has 3 aromatic carbocycles. The normalized spacial score (nSPS) is 10.9.